The van der Waals surface area contributed by atoms with E-state index in [0.29, 0.717) is 18.2 Å². The summed E-state index contributed by atoms with van der Waals surface area (Å²) < 4.78 is 0. The number of hydrogen-bond acceptors (Lipinski definition) is 4. The van der Waals surface area contributed by atoms with Crippen LogP contribution in [0.3, 0.4) is 0 Å². The van der Waals surface area contributed by atoms with E-state index in [2.05, 4.69) is 39.0 Å². The van der Waals surface area contributed by atoms with Crippen molar-refractivity contribution in [3.63, 3.8) is 0 Å². The van der Waals surface area contributed by atoms with E-state index in [1.54, 1.807) is 11.3 Å². The van der Waals surface area contributed by atoms with Crippen LogP contribution in [0.2, 0.25) is 0 Å². The van der Waals surface area contributed by atoms with Crippen molar-refractivity contribution < 1.29 is 4.79 Å². The van der Waals surface area contributed by atoms with Crippen LogP contribution in [0, 0.1) is 0 Å². The molecule has 0 unspecified atom stereocenters. The summed E-state index contributed by atoms with van der Waals surface area (Å²) in [5, 5.41) is 3.21. The quantitative estimate of drug-likeness (QED) is 0.856. The lowest BCUT2D eigenvalue weighted by Crippen LogP contribution is -2.40. The number of piperidine rings is 1. The minimum atomic E-state index is 0.292. The molecule has 1 aromatic heterocycles. The Balaban J connectivity index is 1.33. The van der Waals surface area contributed by atoms with E-state index in [1.165, 1.54) is 16.3 Å². The molecule has 0 bridgehead atoms. The number of rotatable bonds is 4. The van der Waals surface area contributed by atoms with E-state index >= 15 is 0 Å². The van der Waals surface area contributed by atoms with Gasteiger partial charge in [0.15, 0.2) is 0 Å². The minimum absolute atomic E-state index is 0.292. The molecule has 2 aromatic rings. The largest absolute Gasteiger partial charge is 0.370 e. The Morgan fingerprint density at radius 1 is 1.29 bits per heavy atom. The van der Waals surface area contributed by atoms with Gasteiger partial charge in [0.05, 0.1) is 5.01 Å². The van der Waals surface area contributed by atoms with Crippen LogP contribution in [0.4, 0.5) is 5.69 Å². The number of para-hydroxylation sites is 1. The number of nitrogens with zero attached hydrogens (tertiary/aromatic N) is 3. The molecule has 2 aliphatic rings. The van der Waals surface area contributed by atoms with Gasteiger partial charge in [0.1, 0.15) is 0 Å². The van der Waals surface area contributed by atoms with Crippen LogP contribution < -0.4 is 4.90 Å². The first-order valence-electron chi connectivity index (χ1n) is 8.81. The zero-order valence-electron chi connectivity index (χ0n) is 13.9. The highest BCUT2D eigenvalue weighted by Crippen LogP contribution is 2.29. The highest BCUT2D eigenvalue weighted by Gasteiger charge is 2.27. The van der Waals surface area contributed by atoms with E-state index < -0.39 is 0 Å². The molecule has 24 heavy (non-hydrogen) atoms. The number of amides is 1. The van der Waals surface area contributed by atoms with Crippen LogP contribution in [-0.4, -0.2) is 42.0 Å². The normalized spacial score (nSPS) is 20.2. The predicted molar refractivity (Wildman–Crippen MR) is 97.6 cm³/mol. The van der Waals surface area contributed by atoms with Gasteiger partial charge in [0, 0.05) is 55.8 Å². The number of aromatic nitrogens is 1. The van der Waals surface area contributed by atoms with Gasteiger partial charge < -0.3 is 9.80 Å². The smallest absolute Gasteiger partial charge is 0.224 e. The Kier molecular flexibility index (Phi) is 4.52. The summed E-state index contributed by atoms with van der Waals surface area (Å²) in [6, 6.07) is 8.55. The molecule has 0 radical (unpaired) electrons. The van der Waals surface area contributed by atoms with Crippen molar-refractivity contribution in [1.82, 2.24) is 9.88 Å². The zero-order valence-corrected chi connectivity index (χ0v) is 14.7. The molecule has 5 heteroatoms. The molecule has 126 valence electrons. The topological polar surface area (TPSA) is 36.4 Å². The number of benzene rings is 1. The molecule has 0 aliphatic carbocycles. The number of carbonyl (C=O) groups excluding carboxylic acids is 1. The fraction of sp³-hybridized carbons (Fsp3) is 0.474. The molecule has 0 N–H and O–H groups in total. The van der Waals surface area contributed by atoms with Crippen molar-refractivity contribution in [2.45, 2.75) is 31.6 Å². The van der Waals surface area contributed by atoms with E-state index in [4.69, 9.17) is 0 Å². The van der Waals surface area contributed by atoms with Crippen LogP contribution in [0.1, 0.15) is 35.8 Å². The van der Waals surface area contributed by atoms with Gasteiger partial charge in [-0.25, -0.2) is 4.98 Å². The third-order valence-electron chi connectivity index (χ3n) is 5.15. The van der Waals surface area contributed by atoms with Gasteiger partial charge in [-0.3, -0.25) is 4.79 Å². The Bertz CT molecular complexity index is 700. The monoisotopic (exact) mass is 341 g/mol. The average Bonchev–Trinajstić information content (AvgIpc) is 3.30. The summed E-state index contributed by atoms with van der Waals surface area (Å²) in [5.74, 6) is 0.718. The summed E-state index contributed by atoms with van der Waals surface area (Å²) in [7, 11) is 0. The van der Waals surface area contributed by atoms with Gasteiger partial charge in [0.2, 0.25) is 5.91 Å². The Hall–Kier alpha value is -1.88. The fourth-order valence-corrected chi connectivity index (χ4v) is 4.64. The first-order chi connectivity index (χ1) is 11.8. The number of thiazole rings is 1. The standard InChI is InChI=1S/C19H23N3OS/c23-18(8-12-21-11-7-15-4-1-2-6-17(15)21)22-10-3-5-16(14-22)19-20-9-13-24-19/h1-2,4,6,9,13,16H,3,5,7-8,10-12,14H2/t16-/m1/s1. The maximum absolute atomic E-state index is 12.7. The lowest BCUT2D eigenvalue weighted by atomic mass is 9.98. The van der Waals surface area contributed by atoms with Crippen molar-refractivity contribution in [1.29, 1.82) is 0 Å². The zero-order chi connectivity index (χ0) is 16.4. The van der Waals surface area contributed by atoms with Crippen molar-refractivity contribution in [3.05, 3.63) is 46.4 Å². The lowest BCUT2D eigenvalue weighted by Gasteiger charge is -2.32. The fourth-order valence-electron chi connectivity index (χ4n) is 3.87. The third-order valence-corrected chi connectivity index (χ3v) is 6.09. The molecule has 4 rings (SSSR count). The third kappa shape index (κ3) is 3.18. The number of carbonyl (C=O) groups is 1. The van der Waals surface area contributed by atoms with Gasteiger partial charge >= 0.3 is 0 Å². The Morgan fingerprint density at radius 2 is 2.21 bits per heavy atom. The van der Waals surface area contributed by atoms with Crippen LogP contribution in [0.25, 0.3) is 0 Å². The molecule has 1 saturated heterocycles. The van der Waals surface area contributed by atoms with Crippen LogP contribution in [0.5, 0.6) is 0 Å². The second kappa shape index (κ2) is 6.93. The molecular weight excluding hydrogens is 318 g/mol. The molecule has 3 heterocycles. The molecular formula is C19H23N3OS. The van der Waals surface area contributed by atoms with Gasteiger partial charge in [-0.15, -0.1) is 11.3 Å². The summed E-state index contributed by atoms with van der Waals surface area (Å²) in [6.07, 6.45) is 5.81. The molecule has 4 nitrogen and oxygen atoms in total. The minimum Gasteiger partial charge on any atom is -0.370 e. The lowest BCUT2D eigenvalue weighted by molar-refractivity contribution is -0.132. The van der Waals surface area contributed by atoms with E-state index in [9.17, 15) is 4.79 Å². The van der Waals surface area contributed by atoms with Crippen LogP contribution >= 0.6 is 11.3 Å². The second-order valence-electron chi connectivity index (χ2n) is 6.67. The van der Waals surface area contributed by atoms with Crippen LogP contribution in [0.15, 0.2) is 35.8 Å². The first kappa shape index (κ1) is 15.6. The van der Waals surface area contributed by atoms with Crippen LogP contribution in [-0.2, 0) is 11.2 Å². The molecule has 0 saturated carbocycles. The van der Waals surface area contributed by atoms with Gasteiger partial charge in [-0.05, 0) is 30.9 Å². The van der Waals surface area contributed by atoms with E-state index in [0.717, 1.165) is 45.4 Å². The second-order valence-corrected chi connectivity index (χ2v) is 7.59. The molecule has 1 aromatic carbocycles. The van der Waals surface area contributed by atoms with Crippen molar-refractivity contribution >= 4 is 22.9 Å². The number of anilines is 1. The predicted octanol–water partition coefficient (Wildman–Crippen LogP) is 3.30. The van der Waals surface area contributed by atoms with E-state index in [-0.39, 0.29) is 0 Å². The van der Waals surface area contributed by atoms with E-state index in [1.807, 2.05) is 11.6 Å². The molecule has 2 aliphatic heterocycles. The highest BCUT2D eigenvalue weighted by atomic mass is 32.1. The first-order valence-corrected chi connectivity index (χ1v) is 9.69. The van der Waals surface area contributed by atoms with Gasteiger partial charge in [0.25, 0.3) is 0 Å². The molecule has 1 amide bonds. The highest BCUT2D eigenvalue weighted by molar-refractivity contribution is 7.09. The average molecular weight is 341 g/mol. The molecule has 1 atom stereocenters. The number of hydrogen-bond donors (Lipinski definition) is 0. The van der Waals surface area contributed by atoms with Crippen molar-refractivity contribution in [2.75, 3.05) is 31.1 Å². The maximum Gasteiger partial charge on any atom is 0.224 e. The molecule has 1 fully saturated rings. The SMILES string of the molecule is O=C(CCN1CCc2ccccc21)N1CCC[C@@H](c2nccs2)C1. The number of fused-ring (bicyclic) bond motifs is 1. The Morgan fingerprint density at radius 3 is 3.08 bits per heavy atom. The summed E-state index contributed by atoms with van der Waals surface area (Å²) in [6.45, 7) is 3.60. The molecule has 0 spiro atoms. The van der Waals surface area contributed by atoms with Crippen molar-refractivity contribution in [3.8, 4) is 0 Å². The maximum atomic E-state index is 12.7. The van der Waals surface area contributed by atoms with Gasteiger partial charge in [-0.2, -0.15) is 0 Å². The summed E-state index contributed by atoms with van der Waals surface area (Å²) in [5.41, 5.74) is 2.72. The summed E-state index contributed by atoms with van der Waals surface area (Å²) in [4.78, 5) is 21.5. The van der Waals surface area contributed by atoms with Gasteiger partial charge in [-0.1, -0.05) is 18.2 Å². The number of likely N-dealkylation sites (tertiary alicyclic amines) is 1. The Labute approximate surface area is 147 Å². The van der Waals surface area contributed by atoms with Crippen molar-refractivity contribution in [2.24, 2.45) is 0 Å². The summed E-state index contributed by atoms with van der Waals surface area (Å²) >= 11 is 1.71.